The van der Waals surface area contributed by atoms with Crippen molar-refractivity contribution in [3.8, 4) is 28.6 Å². The van der Waals surface area contributed by atoms with Crippen LogP contribution in [-0.4, -0.2) is 22.1 Å². The van der Waals surface area contributed by atoms with Crippen LogP contribution >= 0.6 is 12.2 Å². The van der Waals surface area contributed by atoms with Crippen LogP contribution in [0, 0.1) is 17.0 Å². The minimum atomic E-state index is -0.461. The fraction of sp³-hybridized carbons (Fsp3) is 0.125. The number of aryl methyl sites for hydroxylation is 1. The van der Waals surface area contributed by atoms with E-state index in [0.29, 0.717) is 33.7 Å². The molecule has 0 unspecified atom stereocenters. The molecule has 1 aliphatic rings. The van der Waals surface area contributed by atoms with E-state index in [0.717, 1.165) is 22.7 Å². The summed E-state index contributed by atoms with van der Waals surface area (Å²) in [7, 11) is 1.47. The highest BCUT2D eigenvalue weighted by molar-refractivity contribution is 7.80. The maximum atomic E-state index is 11.3. The number of nitro benzene ring substituents is 1. The number of nitro groups is 1. The van der Waals surface area contributed by atoms with Crippen molar-refractivity contribution in [3.05, 3.63) is 130 Å². The van der Waals surface area contributed by atoms with Gasteiger partial charge in [0.2, 0.25) is 0 Å². The van der Waals surface area contributed by atoms with Gasteiger partial charge in [0.25, 0.3) is 5.69 Å². The average Bonchev–Trinajstić information content (AvgIpc) is 3.63. The second-order valence-corrected chi connectivity index (χ2v) is 10.1. The number of nitrogens with zero attached hydrogens (tertiary/aromatic N) is 3. The molecule has 5 aromatic rings. The highest BCUT2D eigenvalue weighted by Crippen LogP contribution is 2.44. The Hall–Kier alpha value is -5.22. The minimum absolute atomic E-state index is 0.0658. The Kier molecular flexibility index (Phi) is 7.28. The molecular weight excluding hydrogens is 552 g/mol. The molecule has 1 N–H and O–H groups in total. The summed E-state index contributed by atoms with van der Waals surface area (Å²) in [5.74, 6) is 2.94. The Bertz CT molecular complexity index is 1740. The fourth-order valence-electron chi connectivity index (χ4n) is 4.99. The van der Waals surface area contributed by atoms with E-state index in [4.69, 9.17) is 26.1 Å². The first-order valence-corrected chi connectivity index (χ1v) is 13.6. The first-order valence-electron chi connectivity index (χ1n) is 13.2. The zero-order valence-electron chi connectivity index (χ0n) is 22.8. The van der Waals surface area contributed by atoms with E-state index in [-0.39, 0.29) is 17.8 Å². The van der Waals surface area contributed by atoms with Gasteiger partial charge in [0.1, 0.15) is 34.8 Å². The summed E-state index contributed by atoms with van der Waals surface area (Å²) in [6, 6.07) is 28.8. The highest BCUT2D eigenvalue weighted by atomic mass is 32.1. The van der Waals surface area contributed by atoms with Gasteiger partial charge in [0.15, 0.2) is 5.11 Å². The van der Waals surface area contributed by atoms with Gasteiger partial charge in [-0.25, -0.2) is 0 Å². The predicted molar refractivity (Wildman–Crippen MR) is 163 cm³/mol. The largest absolute Gasteiger partial charge is 0.496 e. The molecule has 6 rings (SSSR count). The summed E-state index contributed by atoms with van der Waals surface area (Å²) >= 11 is 5.84. The second-order valence-electron chi connectivity index (χ2n) is 9.75. The number of hydrogen-bond acceptors (Lipinski definition) is 7. The third kappa shape index (κ3) is 5.27. The van der Waals surface area contributed by atoms with Crippen LogP contribution in [0.25, 0.3) is 11.3 Å². The van der Waals surface area contributed by atoms with Gasteiger partial charge in [-0.1, -0.05) is 23.8 Å². The van der Waals surface area contributed by atoms with E-state index in [1.54, 1.807) is 12.3 Å². The third-order valence-electron chi connectivity index (χ3n) is 7.05. The van der Waals surface area contributed by atoms with Gasteiger partial charge in [0, 0.05) is 18.0 Å². The lowest BCUT2D eigenvalue weighted by molar-refractivity contribution is -0.384. The van der Waals surface area contributed by atoms with Crippen LogP contribution in [0.4, 0.5) is 11.4 Å². The minimum Gasteiger partial charge on any atom is -0.496 e. The van der Waals surface area contributed by atoms with E-state index in [2.05, 4.69) is 10.3 Å². The summed E-state index contributed by atoms with van der Waals surface area (Å²) in [6.07, 6.45) is 1.74. The molecular formula is C32H26N4O5S. The lowest BCUT2D eigenvalue weighted by atomic mass is 10.0. The molecule has 3 heterocycles. The molecule has 1 aliphatic heterocycles. The van der Waals surface area contributed by atoms with Crippen molar-refractivity contribution in [2.45, 2.75) is 19.0 Å². The van der Waals surface area contributed by atoms with Crippen molar-refractivity contribution >= 4 is 28.7 Å². The lowest BCUT2D eigenvalue weighted by Crippen LogP contribution is -2.29. The maximum absolute atomic E-state index is 11.3. The summed E-state index contributed by atoms with van der Waals surface area (Å²) in [6.45, 7) is 2.03. The third-order valence-corrected chi connectivity index (χ3v) is 7.36. The molecule has 3 aromatic carbocycles. The number of thiocarbonyl (C=S) groups is 1. The number of methoxy groups -OCH3 is 1. The Morgan fingerprint density at radius 3 is 2.38 bits per heavy atom. The van der Waals surface area contributed by atoms with Crippen molar-refractivity contribution in [1.82, 2.24) is 10.3 Å². The molecule has 0 radical (unpaired) electrons. The highest BCUT2D eigenvalue weighted by Gasteiger charge is 2.42. The van der Waals surface area contributed by atoms with Gasteiger partial charge in [-0.3, -0.25) is 15.1 Å². The summed E-state index contributed by atoms with van der Waals surface area (Å²) in [5, 5.41) is 15.2. The van der Waals surface area contributed by atoms with Crippen molar-refractivity contribution in [2.75, 3.05) is 12.0 Å². The number of hydrogen-bond donors (Lipinski definition) is 1. The number of benzene rings is 3. The molecule has 2 aromatic heterocycles. The van der Waals surface area contributed by atoms with Crippen LogP contribution in [0.3, 0.4) is 0 Å². The summed E-state index contributed by atoms with van der Waals surface area (Å²) < 4.78 is 17.9. The topological polar surface area (TPSA) is 103 Å². The zero-order valence-corrected chi connectivity index (χ0v) is 23.6. The molecule has 0 amide bonds. The van der Waals surface area contributed by atoms with Gasteiger partial charge < -0.3 is 24.1 Å². The Morgan fingerprint density at radius 2 is 1.71 bits per heavy atom. The van der Waals surface area contributed by atoms with E-state index in [1.165, 1.54) is 19.2 Å². The average molecular weight is 579 g/mol. The number of ether oxygens (including phenoxy) is 2. The van der Waals surface area contributed by atoms with Crippen LogP contribution in [-0.2, 0) is 0 Å². The molecule has 9 nitrogen and oxygen atoms in total. The van der Waals surface area contributed by atoms with Gasteiger partial charge >= 0.3 is 0 Å². The lowest BCUT2D eigenvalue weighted by Gasteiger charge is -2.26. The van der Waals surface area contributed by atoms with E-state index >= 15 is 0 Å². The van der Waals surface area contributed by atoms with Gasteiger partial charge in [0.05, 0.1) is 35.4 Å². The smallest absolute Gasteiger partial charge is 0.273 e. The van der Waals surface area contributed by atoms with Crippen LogP contribution in [0.1, 0.15) is 29.1 Å². The molecule has 42 heavy (non-hydrogen) atoms. The maximum Gasteiger partial charge on any atom is 0.273 e. The Labute approximate surface area is 247 Å². The first-order chi connectivity index (χ1) is 20.4. The molecule has 0 aliphatic carbocycles. The molecule has 0 bridgehead atoms. The Balaban J connectivity index is 1.36. The summed E-state index contributed by atoms with van der Waals surface area (Å²) in [4.78, 5) is 17.4. The van der Waals surface area contributed by atoms with Crippen LogP contribution < -0.4 is 19.7 Å². The number of aromatic nitrogens is 1. The molecule has 0 spiro atoms. The van der Waals surface area contributed by atoms with Crippen LogP contribution in [0.2, 0.25) is 0 Å². The Morgan fingerprint density at radius 1 is 0.976 bits per heavy atom. The normalized spacial score (nSPS) is 16.2. The molecule has 0 saturated carbocycles. The first kappa shape index (κ1) is 27.0. The molecule has 10 heteroatoms. The fourth-order valence-corrected chi connectivity index (χ4v) is 5.34. The van der Waals surface area contributed by atoms with Crippen molar-refractivity contribution in [3.63, 3.8) is 0 Å². The number of pyridine rings is 1. The number of anilines is 1. The quantitative estimate of drug-likeness (QED) is 0.114. The van der Waals surface area contributed by atoms with E-state index in [1.807, 2.05) is 90.7 Å². The predicted octanol–water partition coefficient (Wildman–Crippen LogP) is 7.54. The summed E-state index contributed by atoms with van der Waals surface area (Å²) in [5.41, 5.74) is 3.34. The van der Waals surface area contributed by atoms with Crippen LogP contribution in [0.15, 0.2) is 108 Å². The molecule has 1 saturated heterocycles. The van der Waals surface area contributed by atoms with Crippen molar-refractivity contribution in [2.24, 2.45) is 0 Å². The number of non-ortho nitro benzene ring substituents is 1. The van der Waals surface area contributed by atoms with Crippen LogP contribution in [0.5, 0.6) is 17.2 Å². The standard InChI is InChI=1S/C32H26N4O5S/c1-20-6-11-23(12-7-20)40-24-13-8-21(9-14-24)35-31(30(34-32(35)42)26-5-3-4-18-33-26)28-17-16-27(41-28)25-15-10-22(36(37)38)19-29(25)39-2/h3-19,30-31H,1-2H3,(H,34,42)/t30-,31-/m1/s1. The van der Waals surface area contributed by atoms with Gasteiger partial charge in [-0.15, -0.1) is 0 Å². The van der Waals surface area contributed by atoms with Gasteiger partial charge in [-0.05, 0) is 85.9 Å². The number of rotatable bonds is 8. The molecule has 210 valence electrons. The van der Waals surface area contributed by atoms with Gasteiger partial charge in [-0.2, -0.15) is 0 Å². The molecule has 1 fully saturated rings. The molecule has 2 atom stereocenters. The SMILES string of the molecule is COc1cc([N+](=O)[O-])ccc1-c1ccc([C@@H]2[C@@H](c3ccccn3)NC(=S)N2c2ccc(Oc3ccc(C)cc3)cc2)o1. The van der Waals surface area contributed by atoms with Crippen molar-refractivity contribution < 1.29 is 18.8 Å². The number of furan rings is 1. The number of nitrogens with one attached hydrogen (secondary N) is 1. The van der Waals surface area contributed by atoms with E-state index in [9.17, 15) is 10.1 Å². The zero-order chi connectivity index (χ0) is 29.2. The second kappa shape index (κ2) is 11.3. The van der Waals surface area contributed by atoms with Crippen molar-refractivity contribution in [1.29, 1.82) is 0 Å². The monoisotopic (exact) mass is 578 g/mol. The van der Waals surface area contributed by atoms with E-state index < -0.39 is 4.92 Å².